The molecule has 1 aromatic heterocycles. The number of methoxy groups -OCH3 is 2. The van der Waals surface area contributed by atoms with Gasteiger partial charge in [0.25, 0.3) is 5.91 Å². The number of benzene rings is 2. The van der Waals surface area contributed by atoms with Gasteiger partial charge in [-0.1, -0.05) is 30.3 Å². The second-order valence-corrected chi connectivity index (χ2v) is 8.05. The number of amides is 1. The van der Waals surface area contributed by atoms with E-state index in [4.69, 9.17) is 23.7 Å². The molecule has 1 unspecified atom stereocenters. The fraction of sp³-hybridized carbons (Fsp3) is 0.286. The van der Waals surface area contributed by atoms with Gasteiger partial charge >= 0.3 is 11.9 Å². The minimum absolute atomic E-state index is 0.0199. The lowest BCUT2D eigenvalue weighted by Crippen LogP contribution is -2.33. The standard InChI is InChI=1S/C22H26N2O8.C6H5NO/c1-14(10-16-6-5-7-17(11-16)28-3)32-19(26)12-24-22(27)20-21(31-13-30-15(2)25)18(29-4)8-9-23-20;8-7-6-4-2-1-3-5-6/h5-9,11,14H,10,12-13H2,1-4H3,(H,24,27);1-5H. The summed E-state index contributed by atoms with van der Waals surface area (Å²) < 4.78 is 25.8. The number of aromatic nitrogens is 1. The highest BCUT2D eigenvalue weighted by Gasteiger charge is 2.21. The minimum atomic E-state index is -0.681. The molecule has 40 heavy (non-hydrogen) atoms. The molecular formula is C28H31N3O9. The van der Waals surface area contributed by atoms with Gasteiger partial charge in [-0.05, 0) is 41.9 Å². The Balaban J connectivity index is 0.000000598. The Morgan fingerprint density at radius 2 is 1.75 bits per heavy atom. The Morgan fingerprint density at radius 3 is 2.38 bits per heavy atom. The third kappa shape index (κ3) is 10.8. The SMILES string of the molecule is COc1cccc(CC(C)OC(=O)CNC(=O)c2nccc(OC)c2OCOC(C)=O)c1.O=Nc1ccccc1. The number of hydrogen-bond donors (Lipinski definition) is 1. The minimum Gasteiger partial charge on any atom is -0.497 e. The number of ether oxygens (including phenoxy) is 5. The highest BCUT2D eigenvalue weighted by molar-refractivity contribution is 5.97. The van der Waals surface area contributed by atoms with Crippen molar-refractivity contribution in [2.45, 2.75) is 26.4 Å². The Bertz CT molecular complexity index is 1270. The van der Waals surface area contributed by atoms with Crippen LogP contribution in [0.25, 0.3) is 0 Å². The van der Waals surface area contributed by atoms with Crippen molar-refractivity contribution in [2.75, 3.05) is 27.6 Å². The first-order valence-corrected chi connectivity index (χ1v) is 12.1. The summed E-state index contributed by atoms with van der Waals surface area (Å²) in [6.07, 6.45) is 1.42. The Labute approximate surface area is 231 Å². The number of esters is 2. The summed E-state index contributed by atoms with van der Waals surface area (Å²) in [4.78, 5) is 49.4. The van der Waals surface area contributed by atoms with Gasteiger partial charge in [0.1, 0.15) is 24.1 Å². The summed E-state index contributed by atoms with van der Waals surface area (Å²) in [5.41, 5.74) is 1.30. The number of nitrogens with zero attached hydrogens (tertiary/aromatic N) is 2. The fourth-order valence-corrected chi connectivity index (χ4v) is 3.23. The molecule has 0 spiro atoms. The molecule has 0 aliphatic carbocycles. The molecule has 0 fully saturated rings. The monoisotopic (exact) mass is 553 g/mol. The molecule has 3 rings (SSSR count). The summed E-state index contributed by atoms with van der Waals surface area (Å²) in [7, 11) is 2.96. The summed E-state index contributed by atoms with van der Waals surface area (Å²) in [6.45, 7) is 2.17. The van der Waals surface area contributed by atoms with Crippen molar-refractivity contribution in [3.63, 3.8) is 0 Å². The maximum Gasteiger partial charge on any atom is 0.325 e. The van der Waals surface area contributed by atoms with E-state index in [0.717, 1.165) is 5.56 Å². The molecule has 0 bridgehead atoms. The highest BCUT2D eigenvalue weighted by atomic mass is 16.7. The smallest absolute Gasteiger partial charge is 0.325 e. The van der Waals surface area contributed by atoms with Crippen molar-refractivity contribution in [3.05, 3.63) is 83.0 Å². The van der Waals surface area contributed by atoms with E-state index in [9.17, 15) is 19.3 Å². The van der Waals surface area contributed by atoms with Crippen molar-refractivity contribution in [1.29, 1.82) is 0 Å². The Hall–Kier alpha value is -5.00. The first-order valence-electron chi connectivity index (χ1n) is 12.1. The first kappa shape index (κ1) is 31.2. The van der Waals surface area contributed by atoms with Crippen LogP contribution in [-0.2, 0) is 25.5 Å². The van der Waals surface area contributed by atoms with E-state index in [1.165, 1.54) is 26.3 Å². The van der Waals surface area contributed by atoms with Crippen molar-refractivity contribution in [2.24, 2.45) is 5.18 Å². The first-order chi connectivity index (χ1) is 19.3. The molecule has 12 nitrogen and oxygen atoms in total. The van der Waals surface area contributed by atoms with Crippen LogP contribution in [0.4, 0.5) is 5.69 Å². The van der Waals surface area contributed by atoms with Gasteiger partial charge in [0.15, 0.2) is 17.2 Å². The number of nitroso groups, excluding NO2 is 1. The number of pyridine rings is 1. The molecule has 0 saturated carbocycles. The molecule has 2 aromatic carbocycles. The second kappa shape index (κ2) is 16.8. The van der Waals surface area contributed by atoms with Crippen LogP contribution < -0.4 is 19.5 Å². The maximum atomic E-state index is 12.5. The van der Waals surface area contributed by atoms with Gasteiger partial charge in [0.05, 0.1) is 14.2 Å². The van der Waals surface area contributed by atoms with Crippen LogP contribution in [-0.4, -0.2) is 56.5 Å². The van der Waals surface area contributed by atoms with E-state index in [1.807, 2.05) is 30.3 Å². The molecule has 12 heteroatoms. The van der Waals surface area contributed by atoms with Crippen LogP contribution in [0.15, 0.2) is 72.0 Å². The van der Waals surface area contributed by atoms with Gasteiger partial charge in [-0.3, -0.25) is 14.4 Å². The van der Waals surface area contributed by atoms with Crippen molar-refractivity contribution in [3.8, 4) is 17.2 Å². The third-order valence-electron chi connectivity index (χ3n) is 5.01. The molecule has 212 valence electrons. The molecule has 0 saturated heterocycles. The average Bonchev–Trinajstić information content (AvgIpc) is 2.96. The highest BCUT2D eigenvalue weighted by Crippen LogP contribution is 2.29. The number of nitrogens with one attached hydrogen (secondary N) is 1. The molecule has 3 aromatic rings. The van der Waals surface area contributed by atoms with E-state index in [0.29, 0.717) is 17.9 Å². The van der Waals surface area contributed by atoms with Gasteiger partial charge in [-0.2, -0.15) is 0 Å². The summed E-state index contributed by atoms with van der Waals surface area (Å²) >= 11 is 0. The van der Waals surface area contributed by atoms with Crippen LogP contribution >= 0.6 is 0 Å². The zero-order valence-electron chi connectivity index (χ0n) is 22.6. The average molecular weight is 554 g/mol. The summed E-state index contributed by atoms with van der Waals surface area (Å²) in [5.74, 6) is -0.936. The molecule has 0 aliphatic heterocycles. The van der Waals surface area contributed by atoms with E-state index in [2.05, 4.69) is 15.5 Å². The Kier molecular flexibility index (Phi) is 13.1. The van der Waals surface area contributed by atoms with Gasteiger partial charge in [0, 0.05) is 25.6 Å². The second-order valence-electron chi connectivity index (χ2n) is 8.05. The van der Waals surface area contributed by atoms with Crippen LogP contribution in [0.2, 0.25) is 0 Å². The normalized spacial score (nSPS) is 10.6. The molecule has 1 heterocycles. The van der Waals surface area contributed by atoms with Crippen LogP contribution in [0.3, 0.4) is 0 Å². The molecule has 1 N–H and O–H groups in total. The van der Waals surface area contributed by atoms with Crippen molar-refractivity contribution in [1.82, 2.24) is 10.3 Å². The topological polar surface area (TPSA) is 152 Å². The summed E-state index contributed by atoms with van der Waals surface area (Å²) in [6, 6.07) is 17.6. The lowest BCUT2D eigenvalue weighted by molar-refractivity contribution is -0.148. The van der Waals surface area contributed by atoms with Crippen molar-refractivity contribution < 1.29 is 38.1 Å². The third-order valence-corrected chi connectivity index (χ3v) is 5.01. The van der Waals surface area contributed by atoms with E-state index in [-0.39, 0.29) is 23.7 Å². The number of carbonyl (C=O) groups is 3. The van der Waals surface area contributed by atoms with Gasteiger partial charge in [-0.15, -0.1) is 4.91 Å². The summed E-state index contributed by atoms with van der Waals surface area (Å²) in [5, 5.41) is 5.16. The Morgan fingerprint density at radius 1 is 1.00 bits per heavy atom. The van der Waals surface area contributed by atoms with E-state index < -0.39 is 30.7 Å². The molecular weight excluding hydrogens is 522 g/mol. The zero-order chi connectivity index (χ0) is 29.3. The van der Waals surface area contributed by atoms with Crippen LogP contribution in [0.1, 0.15) is 29.9 Å². The van der Waals surface area contributed by atoms with E-state index in [1.54, 1.807) is 38.3 Å². The van der Waals surface area contributed by atoms with Gasteiger partial charge < -0.3 is 29.0 Å². The van der Waals surface area contributed by atoms with Crippen LogP contribution in [0, 0.1) is 4.91 Å². The zero-order valence-corrected chi connectivity index (χ0v) is 22.6. The lowest BCUT2D eigenvalue weighted by atomic mass is 10.1. The predicted molar refractivity (Wildman–Crippen MR) is 145 cm³/mol. The molecule has 0 radical (unpaired) electrons. The predicted octanol–water partition coefficient (Wildman–Crippen LogP) is 3.99. The maximum absolute atomic E-state index is 12.5. The number of hydrogen-bond acceptors (Lipinski definition) is 11. The van der Waals surface area contributed by atoms with Gasteiger partial charge in [0.2, 0.25) is 6.79 Å². The molecule has 1 amide bonds. The van der Waals surface area contributed by atoms with Crippen LogP contribution in [0.5, 0.6) is 17.2 Å². The molecule has 0 aliphatic rings. The molecule has 1 atom stereocenters. The fourth-order valence-electron chi connectivity index (χ4n) is 3.23. The van der Waals surface area contributed by atoms with Gasteiger partial charge in [-0.25, -0.2) is 4.98 Å². The largest absolute Gasteiger partial charge is 0.497 e. The van der Waals surface area contributed by atoms with Crippen molar-refractivity contribution >= 4 is 23.5 Å². The quantitative estimate of drug-likeness (QED) is 0.198. The van der Waals surface area contributed by atoms with E-state index >= 15 is 0 Å². The number of rotatable bonds is 12. The number of carbonyl (C=O) groups excluding carboxylic acids is 3. The lowest BCUT2D eigenvalue weighted by Gasteiger charge is -2.15.